The number of carboxylic acid groups (broad SMARTS) is 3. The van der Waals surface area contributed by atoms with E-state index in [2.05, 4.69) is 21.4 Å². The van der Waals surface area contributed by atoms with Crippen LogP contribution in [-0.2, 0) is 38.0 Å². The van der Waals surface area contributed by atoms with Crippen LogP contribution < -0.4 is 0 Å². The maximum Gasteiger partial charge on any atom is 0.306 e. The molecule has 0 aliphatic heterocycles. The van der Waals surface area contributed by atoms with Gasteiger partial charge in [-0.2, -0.15) is 0 Å². The molecule has 0 spiro atoms. The lowest BCUT2D eigenvalue weighted by Crippen LogP contribution is -2.34. The first-order chi connectivity index (χ1) is 15.6. The van der Waals surface area contributed by atoms with Gasteiger partial charge in [0, 0.05) is 39.1 Å². The number of hydrogen-bond acceptors (Lipinski definition) is 7. The zero-order valence-corrected chi connectivity index (χ0v) is 21.8. The molecule has 0 saturated heterocycles. The number of carboxylic acids is 3. The first-order valence-electron chi connectivity index (χ1n) is 9.57. The monoisotopic (exact) mass is 604 g/mol. The molecule has 0 aromatic carbocycles. The number of rotatable bonds is 6. The second-order valence-corrected chi connectivity index (χ2v) is 11.3. The SMILES string of the molecule is O=C(Cl)C1CC(C(=O)Cl)CC(C(=O)Cl)C1.O=C(O)C1CC(C(=O)O)CC(C(=O)O)C1.O=S(Cl)Cl. The predicted octanol–water partition coefficient (Wildman–Crippen LogP) is 3.63. The molecule has 0 aromatic heterocycles. The van der Waals surface area contributed by atoms with E-state index >= 15 is 0 Å². The van der Waals surface area contributed by atoms with Crippen molar-refractivity contribution in [3.8, 4) is 0 Å². The van der Waals surface area contributed by atoms with Crippen LogP contribution in [0, 0.1) is 35.5 Å². The highest BCUT2D eigenvalue weighted by atomic mass is 36.0. The Balaban J connectivity index is 0.000000554. The summed E-state index contributed by atoms with van der Waals surface area (Å²) < 4.78 is 9.09. The highest BCUT2D eigenvalue weighted by Gasteiger charge is 2.39. The summed E-state index contributed by atoms with van der Waals surface area (Å²) in [6.45, 7) is 0. The van der Waals surface area contributed by atoms with Gasteiger partial charge in [-0.25, -0.2) is 4.21 Å². The molecule has 0 unspecified atom stereocenters. The summed E-state index contributed by atoms with van der Waals surface area (Å²) in [6.07, 6.45) is 0.999. The number of hydrogen-bond donors (Lipinski definition) is 3. The maximum atomic E-state index is 11.0. The van der Waals surface area contributed by atoms with Gasteiger partial charge in [-0.3, -0.25) is 28.8 Å². The molecule has 0 bridgehead atoms. The number of carbonyl (C=O) groups excluding carboxylic acids is 3. The second kappa shape index (κ2) is 15.9. The molecule has 2 saturated carbocycles. The molecule has 0 aromatic rings. The third-order valence-electron chi connectivity index (χ3n) is 5.42. The van der Waals surface area contributed by atoms with Crippen molar-refractivity contribution in [2.24, 2.45) is 35.5 Å². The first-order valence-corrected chi connectivity index (χ1v) is 13.5. The Hall–Kier alpha value is -0.980. The number of carbonyl (C=O) groups is 6. The Labute approximate surface area is 220 Å². The van der Waals surface area contributed by atoms with Crippen molar-refractivity contribution in [1.29, 1.82) is 0 Å². The van der Waals surface area contributed by atoms with E-state index in [1.54, 1.807) is 0 Å². The topological polar surface area (TPSA) is 180 Å². The highest BCUT2D eigenvalue weighted by molar-refractivity contribution is 8.26. The fourth-order valence-corrected chi connectivity index (χ4v) is 4.33. The van der Waals surface area contributed by atoms with Crippen molar-refractivity contribution < 1.29 is 48.3 Å². The van der Waals surface area contributed by atoms with E-state index in [-0.39, 0.29) is 19.3 Å². The van der Waals surface area contributed by atoms with Gasteiger partial charge in [-0.05, 0) is 73.3 Å². The van der Waals surface area contributed by atoms with Gasteiger partial charge in [0.15, 0.2) is 0 Å². The van der Waals surface area contributed by atoms with Gasteiger partial charge in [-0.1, -0.05) is 0 Å². The normalized spacial score (nSPS) is 28.3. The summed E-state index contributed by atoms with van der Waals surface area (Å²) in [5.74, 6) is -7.43. The standard InChI is InChI=1S/C9H9Cl3O3.C9H12O6.Cl2OS/c10-7(13)4-1-5(8(11)14)3-6(2-4)9(12)15;10-7(11)4-1-5(8(12)13)3-6(2-4)9(14)15;1-4(2)3/h4-6H,1-3H2;4-6H,1-3H2,(H,10,11)(H,12,13)(H,14,15);. The molecule has 2 fully saturated rings. The first kappa shape index (κ1) is 33.0. The average Bonchev–Trinajstić information content (AvgIpc) is 2.72. The van der Waals surface area contributed by atoms with Crippen LogP contribution in [0.4, 0.5) is 0 Å². The zero-order valence-electron chi connectivity index (χ0n) is 17.2. The predicted molar refractivity (Wildman–Crippen MR) is 124 cm³/mol. The Kier molecular flexibility index (Phi) is 15.4. The Bertz CT molecular complexity index is 652. The van der Waals surface area contributed by atoms with E-state index in [0.29, 0.717) is 19.3 Å². The molecule has 0 radical (unpaired) electrons. The van der Waals surface area contributed by atoms with Gasteiger partial charge in [0.2, 0.25) is 25.0 Å². The van der Waals surface area contributed by atoms with Gasteiger partial charge in [0.05, 0.1) is 17.8 Å². The summed E-state index contributed by atoms with van der Waals surface area (Å²) in [4.78, 5) is 65.1. The minimum Gasteiger partial charge on any atom is -0.481 e. The van der Waals surface area contributed by atoms with Crippen molar-refractivity contribution in [3.05, 3.63) is 0 Å². The van der Waals surface area contributed by atoms with Gasteiger partial charge < -0.3 is 15.3 Å². The summed E-state index contributed by atoms with van der Waals surface area (Å²) in [5.41, 5.74) is 0. The summed E-state index contributed by atoms with van der Waals surface area (Å²) in [7, 11) is 7.36. The van der Waals surface area contributed by atoms with Crippen LogP contribution in [0.25, 0.3) is 0 Å². The molecule has 2 aliphatic carbocycles. The van der Waals surface area contributed by atoms with E-state index in [1.807, 2.05) is 0 Å². The molecule has 34 heavy (non-hydrogen) atoms. The molecule has 194 valence electrons. The molecule has 0 amide bonds. The third-order valence-corrected chi connectivity index (χ3v) is 6.35. The lowest BCUT2D eigenvalue weighted by atomic mass is 9.75. The van der Waals surface area contributed by atoms with E-state index in [0.717, 1.165) is 0 Å². The molecule has 2 aliphatic rings. The van der Waals surface area contributed by atoms with Gasteiger partial charge in [0.1, 0.15) is 0 Å². The third kappa shape index (κ3) is 12.6. The Morgan fingerprint density at radius 1 is 0.500 bits per heavy atom. The van der Waals surface area contributed by atoms with Crippen molar-refractivity contribution in [2.75, 3.05) is 0 Å². The van der Waals surface area contributed by atoms with Crippen LogP contribution in [-0.4, -0.2) is 53.2 Å². The zero-order chi connectivity index (χ0) is 26.7. The smallest absolute Gasteiger partial charge is 0.306 e. The van der Waals surface area contributed by atoms with Crippen LogP contribution in [0.5, 0.6) is 0 Å². The molecular formula is C18H21Cl5O10S. The average molecular weight is 607 g/mol. The largest absolute Gasteiger partial charge is 0.481 e. The van der Waals surface area contributed by atoms with E-state index < -0.39 is 78.4 Å². The minimum atomic E-state index is -1.67. The van der Waals surface area contributed by atoms with E-state index in [9.17, 15) is 28.8 Å². The van der Waals surface area contributed by atoms with E-state index in [4.69, 9.17) is 54.3 Å². The fourth-order valence-electron chi connectivity index (χ4n) is 3.80. The Morgan fingerprint density at radius 2 is 0.647 bits per heavy atom. The molecule has 10 nitrogen and oxygen atoms in total. The van der Waals surface area contributed by atoms with Crippen molar-refractivity contribution in [3.63, 3.8) is 0 Å². The molecule has 16 heteroatoms. The van der Waals surface area contributed by atoms with E-state index in [1.165, 1.54) is 0 Å². The van der Waals surface area contributed by atoms with Crippen molar-refractivity contribution in [1.82, 2.24) is 0 Å². The van der Waals surface area contributed by atoms with Crippen molar-refractivity contribution in [2.45, 2.75) is 38.5 Å². The van der Waals surface area contributed by atoms with Crippen LogP contribution >= 0.6 is 56.2 Å². The van der Waals surface area contributed by atoms with Gasteiger partial charge in [0.25, 0.3) is 0 Å². The quantitative estimate of drug-likeness (QED) is 0.378. The highest BCUT2D eigenvalue weighted by Crippen LogP contribution is 2.37. The second-order valence-electron chi connectivity index (χ2n) is 7.71. The van der Waals surface area contributed by atoms with Crippen molar-refractivity contribution >= 4 is 99.0 Å². The summed E-state index contributed by atoms with van der Waals surface area (Å²) in [5, 5.41) is 24.6. The lowest BCUT2D eigenvalue weighted by molar-refractivity contribution is -0.153. The van der Waals surface area contributed by atoms with Gasteiger partial charge in [-0.15, -0.1) is 0 Å². The summed E-state index contributed by atoms with van der Waals surface area (Å²) >= 11 is 16.0. The van der Waals surface area contributed by atoms with Crippen LogP contribution in [0.1, 0.15) is 38.5 Å². The van der Waals surface area contributed by atoms with Gasteiger partial charge >= 0.3 is 17.9 Å². The lowest BCUT2D eigenvalue weighted by Gasteiger charge is -2.29. The summed E-state index contributed by atoms with van der Waals surface area (Å²) in [6, 6.07) is 0. The molecule has 0 atom stereocenters. The number of halogens is 5. The maximum absolute atomic E-state index is 11.0. The molecule has 3 N–H and O–H groups in total. The molecular weight excluding hydrogens is 586 g/mol. The fraction of sp³-hybridized carbons (Fsp3) is 0.667. The van der Waals surface area contributed by atoms with Crippen LogP contribution in [0.3, 0.4) is 0 Å². The molecule has 0 heterocycles. The van der Waals surface area contributed by atoms with Crippen LogP contribution in [0.15, 0.2) is 0 Å². The van der Waals surface area contributed by atoms with Crippen LogP contribution in [0.2, 0.25) is 0 Å². The Morgan fingerprint density at radius 3 is 0.765 bits per heavy atom. The minimum absolute atomic E-state index is 0.0223. The molecule has 2 rings (SSSR count). The number of aliphatic carboxylic acids is 3.